The molecule has 1 aromatic heterocycles. The fraction of sp³-hybridized carbons (Fsp3) is 0.158. The number of nitrogens with two attached hydrogens (primary N) is 1. The maximum atomic E-state index is 14.2. The Balaban J connectivity index is 1.76. The van der Waals surface area contributed by atoms with Gasteiger partial charge in [-0.15, -0.1) is 0 Å². The number of amides is 1. The molecule has 1 atom stereocenters. The van der Waals surface area contributed by atoms with Crippen LogP contribution < -0.4 is 15.2 Å². The second-order valence-corrected chi connectivity index (χ2v) is 6.28. The zero-order chi connectivity index (χ0) is 21.1. The molecule has 1 heterocycles. The molecule has 29 heavy (non-hydrogen) atoms. The predicted octanol–water partition coefficient (Wildman–Crippen LogP) is 3.49. The number of rotatable bonds is 7. The number of oxazole rings is 1. The molecule has 7 nitrogen and oxygen atoms in total. The Labute approximate surface area is 168 Å². The van der Waals surface area contributed by atoms with Crippen molar-refractivity contribution in [3.8, 4) is 22.8 Å². The summed E-state index contributed by atoms with van der Waals surface area (Å²) >= 11 is 5.93. The van der Waals surface area contributed by atoms with Crippen molar-refractivity contribution in [1.29, 1.82) is 0 Å². The van der Waals surface area contributed by atoms with Gasteiger partial charge in [-0.25, -0.2) is 13.8 Å². The van der Waals surface area contributed by atoms with E-state index in [9.17, 15) is 18.7 Å². The van der Waals surface area contributed by atoms with Gasteiger partial charge in [0.1, 0.15) is 35.7 Å². The topological polar surface area (TPSA) is 108 Å². The van der Waals surface area contributed by atoms with Crippen LogP contribution in [0.25, 0.3) is 11.3 Å². The van der Waals surface area contributed by atoms with Gasteiger partial charge in [0, 0.05) is 10.6 Å². The second kappa shape index (κ2) is 8.46. The van der Waals surface area contributed by atoms with E-state index >= 15 is 0 Å². The number of carbonyl (C=O) groups excluding carboxylic acids is 1. The molecule has 3 aromatic rings. The maximum Gasteiger partial charge on any atom is 0.254 e. The average molecular weight is 425 g/mol. The number of hydrogen-bond donors (Lipinski definition) is 2. The summed E-state index contributed by atoms with van der Waals surface area (Å²) in [6.07, 6.45) is -0.0721. The van der Waals surface area contributed by atoms with Crippen LogP contribution in [0.15, 0.2) is 41.0 Å². The summed E-state index contributed by atoms with van der Waals surface area (Å²) in [5.74, 6) is -3.75. The van der Waals surface area contributed by atoms with E-state index in [0.717, 1.165) is 12.1 Å². The Morgan fingerprint density at radius 1 is 1.31 bits per heavy atom. The van der Waals surface area contributed by atoms with Crippen LogP contribution in [0.1, 0.15) is 22.4 Å². The molecule has 0 radical (unpaired) electrons. The minimum atomic E-state index is -1.37. The number of aliphatic hydroxyl groups is 1. The lowest BCUT2D eigenvalue weighted by atomic mass is 10.1. The number of methoxy groups -OCH3 is 1. The summed E-state index contributed by atoms with van der Waals surface area (Å²) in [5.41, 5.74) is 4.98. The lowest BCUT2D eigenvalue weighted by molar-refractivity contribution is 0.0819. The number of halogens is 3. The zero-order valence-corrected chi connectivity index (χ0v) is 15.7. The van der Waals surface area contributed by atoms with Crippen LogP contribution in [0.2, 0.25) is 5.02 Å². The molecule has 0 saturated heterocycles. The molecule has 0 aliphatic carbocycles. The van der Waals surface area contributed by atoms with Gasteiger partial charge < -0.3 is 24.7 Å². The van der Waals surface area contributed by atoms with Crippen LogP contribution in [0.3, 0.4) is 0 Å². The molecular weight excluding hydrogens is 410 g/mol. The summed E-state index contributed by atoms with van der Waals surface area (Å²) in [6, 6.07) is 6.72. The van der Waals surface area contributed by atoms with Gasteiger partial charge in [0.15, 0.2) is 17.7 Å². The molecule has 0 aliphatic heterocycles. The Hall–Kier alpha value is -3.17. The van der Waals surface area contributed by atoms with E-state index in [4.69, 9.17) is 31.2 Å². The van der Waals surface area contributed by atoms with Crippen LogP contribution >= 0.6 is 11.6 Å². The lowest BCUT2D eigenvalue weighted by Crippen LogP contribution is -2.17. The van der Waals surface area contributed by atoms with Gasteiger partial charge in [0.2, 0.25) is 5.89 Å². The van der Waals surface area contributed by atoms with E-state index in [0.29, 0.717) is 22.0 Å². The van der Waals surface area contributed by atoms with Gasteiger partial charge in [0.05, 0.1) is 7.11 Å². The summed E-state index contributed by atoms with van der Waals surface area (Å²) in [4.78, 5) is 15.3. The minimum Gasteiger partial charge on any atom is -0.496 e. The Morgan fingerprint density at radius 2 is 2.07 bits per heavy atom. The molecule has 10 heteroatoms. The molecule has 0 spiro atoms. The molecule has 2 aromatic carbocycles. The highest BCUT2D eigenvalue weighted by atomic mass is 35.5. The predicted molar refractivity (Wildman–Crippen MR) is 98.8 cm³/mol. The molecule has 3 N–H and O–H groups in total. The molecule has 1 unspecified atom stereocenters. The quantitative estimate of drug-likeness (QED) is 0.601. The van der Waals surface area contributed by atoms with Gasteiger partial charge in [-0.1, -0.05) is 11.6 Å². The first-order chi connectivity index (χ1) is 13.8. The SMILES string of the molecule is COc1cc(Cl)ccc1-c1coc(C(O)COc2ccc(F)c(C(N)=O)c2F)n1. The van der Waals surface area contributed by atoms with Gasteiger partial charge in [-0.2, -0.15) is 0 Å². The molecule has 3 rings (SSSR count). The van der Waals surface area contributed by atoms with E-state index in [-0.39, 0.29) is 5.89 Å². The number of carbonyl (C=O) groups is 1. The van der Waals surface area contributed by atoms with Crippen molar-refractivity contribution in [3.05, 3.63) is 64.7 Å². The number of ether oxygens (including phenoxy) is 2. The highest BCUT2D eigenvalue weighted by Crippen LogP contribution is 2.32. The second-order valence-electron chi connectivity index (χ2n) is 5.84. The number of aromatic nitrogens is 1. The first kappa shape index (κ1) is 20.6. The summed E-state index contributed by atoms with van der Waals surface area (Å²) in [5, 5.41) is 10.7. The smallest absolute Gasteiger partial charge is 0.254 e. The third-order valence-electron chi connectivity index (χ3n) is 3.95. The van der Waals surface area contributed by atoms with Crippen LogP contribution in [0, 0.1) is 11.6 Å². The van der Waals surface area contributed by atoms with Crippen LogP contribution in [-0.4, -0.2) is 29.7 Å². The Kier molecular flexibility index (Phi) is 6.00. The molecule has 1 amide bonds. The molecule has 0 saturated carbocycles. The average Bonchev–Trinajstić information content (AvgIpc) is 3.16. The normalized spacial score (nSPS) is 11.9. The van der Waals surface area contributed by atoms with Gasteiger partial charge in [-0.3, -0.25) is 4.79 Å². The van der Waals surface area contributed by atoms with Crippen molar-refractivity contribution in [2.75, 3.05) is 13.7 Å². The van der Waals surface area contributed by atoms with Crippen LogP contribution in [-0.2, 0) is 0 Å². The summed E-state index contributed by atoms with van der Waals surface area (Å²) in [7, 11) is 1.47. The number of aliphatic hydroxyl groups excluding tert-OH is 1. The summed E-state index contributed by atoms with van der Waals surface area (Å²) in [6.45, 7) is -0.474. The van der Waals surface area contributed by atoms with E-state index in [1.54, 1.807) is 18.2 Å². The molecular formula is C19H15ClF2N2O5. The number of hydrogen-bond acceptors (Lipinski definition) is 6. The Bertz CT molecular complexity index is 1060. The van der Waals surface area contributed by atoms with Crippen molar-refractivity contribution in [1.82, 2.24) is 4.98 Å². The van der Waals surface area contributed by atoms with Crippen LogP contribution in [0.5, 0.6) is 11.5 Å². The highest BCUT2D eigenvalue weighted by Gasteiger charge is 2.22. The van der Waals surface area contributed by atoms with Gasteiger partial charge in [-0.05, 0) is 30.3 Å². The maximum absolute atomic E-state index is 14.2. The van der Waals surface area contributed by atoms with E-state index < -0.39 is 41.6 Å². The van der Waals surface area contributed by atoms with Crippen molar-refractivity contribution >= 4 is 17.5 Å². The van der Waals surface area contributed by atoms with Crippen molar-refractivity contribution in [2.45, 2.75) is 6.10 Å². The van der Waals surface area contributed by atoms with Crippen molar-refractivity contribution in [2.24, 2.45) is 5.73 Å². The molecule has 0 aliphatic rings. The van der Waals surface area contributed by atoms with E-state index in [2.05, 4.69) is 4.98 Å². The number of primary amides is 1. The lowest BCUT2D eigenvalue weighted by Gasteiger charge is -2.11. The largest absolute Gasteiger partial charge is 0.496 e. The highest BCUT2D eigenvalue weighted by molar-refractivity contribution is 6.30. The molecule has 152 valence electrons. The molecule has 0 fully saturated rings. The van der Waals surface area contributed by atoms with Crippen molar-refractivity contribution in [3.63, 3.8) is 0 Å². The van der Waals surface area contributed by atoms with Crippen LogP contribution in [0.4, 0.5) is 8.78 Å². The number of benzene rings is 2. The minimum absolute atomic E-state index is 0.102. The van der Waals surface area contributed by atoms with E-state index in [1.165, 1.54) is 13.4 Å². The third kappa shape index (κ3) is 4.30. The van der Waals surface area contributed by atoms with E-state index in [1.807, 2.05) is 0 Å². The Morgan fingerprint density at radius 3 is 2.76 bits per heavy atom. The number of nitrogens with zero attached hydrogens (tertiary/aromatic N) is 1. The fourth-order valence-corrected chi connectivity index (χ4v) is 2.71. The standard InChI is InChI=1S/C19H15ClF2N2O5/c1-27-15-6-9(20)2-3-10(15)12-7-29-19(24-12)13(25)8-28-14-5-4-11(21)16(17(14)22)18(23)26/h2-7,13,25H,8H2,1H3,(H2,23,26). The first-order valence-corrected chi connectivity index (χ1v) is 8.57. The first-order valence-electron chi connectivity index (χ1n) is 8.19. The van der Waals surface area contributed by atoms with Gasteiger partial charge in [0.25, 0.3) is 5.91 Å². The summed E-state index contributed by atoms with van der Waals surface area (Å²) < 4.78 is 43.3. The molecule has 0 bridgehead atoms. The van der Waals surface area contributed by atoms with Gasteiger partial charge >= 0.3 is 0 Å². The monoisotopic (exact) mass is 424 g/mol. The van der Waals surface area contributed by atoms with Crippen molar-refractivity contribution < 1.29 is 32.6 Å². The third-order valence-corrected chi connectivity index (χ3v) is 4.18. The fourth-order valence-electron chi connectivity index (χ4n) is 2.55. The zero-order valence-electron chi connectivity index (χ0n) is 15.0.